The van der Waals surface area contributed by atoms with Gasteiger partial charge in [-0.25, -0.2) is 0 Å². The quantitative estimate of drug-likeness (QED) is 0.151. The second-order valence-electron chi connectivity index (χ2n) is 6.85. The number of hydrogen-bond donors (Lipinski definition) is 0. The fourth-order valence-corrected chi connectivity index (χ4v) is 5.63. The molecule has 0 saturated carbocycles. The number of benzene rings is 2. The highest BCUT2D eigenvalue weighted by Crippen LogP contribution is 2.39. The third-order valence-electron chi connectivity index (χ3n) is 3.80. The summed E-state index contributed by atoms with van der Waals surface area (Å²) in [7, 11) is -11.6. The van der Waals surface area contributed by atoms with Crippen molar-refractivity contribution in [2.45, 2.75) is 28.0 Å². The maximum atomic E-state index is 9.75. The van der Waals surface area contributed by atoms with Crippen molar-refractivity contribution in [2.24, 2.45) is 0 Å². The SMILES string of the molecule is CC1=C2Sc3ccccc3[S+]=C2C=CC1.C[S+](C)c1ccccc1.F[B-](F)(F)F.F[B-](F)(F)F. The fraction of sp³-hybridized carbons (Fsp3) is 0.190. The number of rotatable bonds is 1. The topological polar surface area (TPSA) is 0 Å². The standard InChI is InChI=1S/C13H11S2.C8H11S.2BF4/c1-9-5-4-8-12-13(9)15-11-7-3-2-6-10(11)14-12;1-9(2)8-6-4-3-5-7-8;2*2-1(3,4)5/h2-4,6-8H,5H2,1H3;3-7H,1-2H3;;/q2*+1;2*-1. The number of hydrogen-bond acceptors (Lipinski definition) is 1. The van der Waals surface area contributed by atoms with Crippen molar-refractivity contribution in [1.82, 2.24) is 0 Å². The van der Waals surface area contributed by atoms with Crippen molar-refractivity contribution >= 4 is 53.4 Å². The molecule has 0 amide bonds. The van der Waals surface area contributed by atoms with Crippen LogP contribution in [0.15, 0.2) is 91.9 Å². The van der Waals surface area contributed by atoms with Gasteiger partial charge in [0.25, 0.3) is 0 Å². The molecule has 0 bridgehead atoms. The molecule has 0 fully saturated rings. The summed E-state index contributed by atoms with van der Waals surface area (Å²) < 4.78 is 78.0. The van der Waals surface area contributed by atoms with Crippen LogP contribution in [0.4, 0.5) is 34.5 Å². The van der Waals surface area contributed by atoms with Crippen LogP contribution in [0.2, 0.25) is 0 Å². The Hall–Kier alpha value is -1.72. The number of fused-ring (bicyclic) bond motifs is 2. The van der Waals surface area contributed by atoms with E-state index in [0.29, 0.717) is 10.9 Å². The molecule has 13 heteroatoms. The van der Waals surface area contributed by atoms with Crippen LogP contribution in [-0.2, 0) is 22.2 Å². The van der Waals surface area contributed by atoms with Gasteiger partial charge >= 0.3 is 14.5 Å². The summed E-state index contributed by atoms with van der Waals surface area (Å²) in [6.45, 7) is 2.24. The van der Waals surface area contributed by atoms with Gasteiger partial charge in [0.15, 0.2) is 4.90 Å². The summed E-state index contributed by atoms with van der Waals surface area (Å²) in [6.07, 6.45) is 10.1. The van der Waals surface area contributed by atoms with Crippen LogP contribution < -0.4 is 0 Å². The molecule has 0 saturated heterocycles. The Morgan fingerprint density at radius 2 is 1.29 bits per heavy atom. The van der Waals surface area contributed by atoms with Gasteiger partial charge in [-0.05, 0) is 37.1 Å². The summed E-state index contributed by atoms with van der Waals surface area (Å²) >= 11 is 3.82. The average molecular weight is 544 g/mol. The minimum atomic E-state index is -6.00. The van der Waals surface area contributed by atoms with E-state index in [9.17, 15) is 34.5 Å². The lowest BCUT2D eigenvalue weighted by atomic mass is 10.1. The van der Waals surface area contributed by atoms with Crippen LogP contribution in [0.1, 0.15) is 13.3 Å². The minimum absolute atomic E-state index is 0.421. The first kappa shape index (κ1) is 30.3. The molecule has 1 aliphatic heterocycles. The van der Waals surface area contributed by atoms with Crippen molar-refractivity contribution in [3.8, 4) is 0 Å². The Morgan fingerprint density at radius 3 is 1.79 bits per heavy atom. The second kappa shape index (κ2) is 14.0. The lowest BCUT2D eigenvalue weighted by molar-refractivity contribution is 0.366. The van der Waals surface area contributed by atoms with E-state index in [-0.39, 0.29) is 0 Å². The molecule has 0 N–H and O–H groups in total. The minimum Gasteiger partial charge on any atom is -0.418 e. The van der Waals surface area contributed by atoms with Crippen molar-refractivity contribution < 1.29 is 34.5 Å². The highest BCUT2D eigenvalue weighted by atomic mass is 32.2. The van der Waals surface area contributed by atoms with Crippen LogP contribution >= 0.6 is 11.8 Å². The van der Waals surface area contributed by atoms with Gasteiger partial charge in [0.2, 0.25) is 21.1 Å². The van der Waals surface area contributed by atoms with Gasteiger partial charge in [0.1, 0.15) is 12.5 Å². The number of thioether (sulfide) groups is 1. The zero-order valence-corrected chi connectivity index (χ0v) is 20.9. The van der Waals surface area contributed by atoms with E-state index in [1.54, 1.807) is 0 Å². The van der Waals surface area contributed by atoms with E-state index in [1.165, 1.54) is 30.0 Å². The molecule has 2 aromatic carbocycles. The highest BCUT2D eigenvalue weighted by molar-refractivity contribution is 8.06. The Kier molecular flexibility index (Phi) is 12.5. The van der Waals surface area contributed by atoms with E-state index < -0.39 is 14.5 Å². The van der Waals surface area contributed by atoms with Crippen LogP contribution in [0.3, 0.4) is 0 Å². The van der Waals surface area contributed by atoms with Gasteiger partial charge in [0, 0.05) is 23.0 Å². The number of allylic oxidation sites excluding steroid dienone is 4. The van der Waals surface area contributed by atoms with Gasteiger partial charge in [-0.2, -0.15) is 0 Å². The first-order valence-electron chi connectivity index (χ1n) is 9.70. The van der Waals surface area contributed by atoms with Crippen molar-refractivity contribution in [1.29, 1.82) is 0 Å². The van der Waals surface area contributed by atoms with E-state index in [0.717, 1.165) is 6.42 Å². The van der Waals surface area contributed by atoms with E-state index >= 15 is 0 Å². The Labute approximate surface area is 205 Å². The zero-order chi connectivity index (χ0) is 25.9. The molecule has 1 heterocycles. The predicted octanol–water partition coefficient (Wildman–Crippen LogP) is 8.16. The molecule has 1 aliphatic carbocycles. The van der Waals surface area contributed by atoms with Crippen molar-refractivity contribution in [2.75, 3.05) is 12.5 Å². The van der Waals surface area contributed by atoms with E-state index in [2.05, 4.69) is 86.2 Å². The molecule has 2 aromatic rings. The largest absolute Gasteiger partial charge is 0.673 e. The Morgan fingerprint density at radius 1 is 0.794 bits per heavy atom. The second-order valence-corrected chi connectivity index (χ2v) is 11.1. The Bertz CT molecular complexity index is 977. The van der Waals surface area contributed by atoms with Crippen LogP contribution in [0.5, 0.6) is 0 Å². The summed E-state index contributed by atoms with van der Waals surface area (Å²) in [5, 5.41) is 0. The molecule has 4 rings (SSSR count). The molecule has 2 aliphatic rings. The summed E-state index contributed by atoms with van der Waals surface area (Å²) in [5.41, 5.74) is 1.50. The summed E-state index contributed by atoms with van der Waals surface area (Å²) in [5.74, 6) is 0. The lowest BCUT2D eigenvalue weighted by Gasteiger charge is -2.13. The predicted molar refractivity (Wildman–Crippen MR) is 134 cm³/mol. The summed E-state index contributed by atoms with van der Waals surface area (Å²) in [6, 6.07) is 19.2. The Balaban J connectivity index is 0.000000260. The lowest BCUT2D eigenvalue weighted by Crippen LogP contribution is -2.08. The first-order chi connectivity index (χ1) is 15.6. The molecule has 0 spiro atoms. The van der Waals surface area contributed by atoms with Crippen LogP contribution in [-0.4, -0.2) is 31.9 Å². The van der Waals surface area contributed by atoms with Gasteiger partial charge in [-0.3, -0.25) is 0 Å². The van der Waals surface area contributed by atoms with Crippen molar-refractivity contribution in [3.63, 3.8) is 0 Å². The molecule has 0 atom stereocenters. The normalized spacial score (nSPS) is 14.3. The van der Waals surface area contributed by atoms with E-state index in [1.807, 2.05) is 23.1 Å². The molecule has 0 unspecified atom stereocenters. The molecule has 0 radical (unpaired) electrons. The molecular weight excluding hydrogens is 522 g/mol. The van der Waals surface area contributed by atoms with Gasteiger partial charge in [-0.1, -0.05) is 48.2 Å². The van der Waals surface area contributed by atoms with Gasteiger partial charge < -0.3 is 34.5 Å². The van der Waals surface area contributed by atoms with Crippen LogP contribution in [0, 0.1) is 0 Å². The fourth-order valence-electron chi connectivity index (χ4n) is 2.48. The molecule has 0 nitrogen and oxygen atoms in total. The summed E-state index contributed by atoms with van der Waals surface area (Å²) in [4.78, 5) is 7.12. The zero-order valence-electron chi connectivity index (χ0n) is 18.5. The molecule has 34 heavy (non-hydrogen) atoms. The third kappa shape index (κ3) is 13.9. The third-order valence-corrected chi connectivity index (χ3v) is 7.76. The van der Waals surface area contributed by atoms with Gasteiger partial charge in [-0.15, -0.1) is 0 Å². The molecule has 0 aromatic heterocycles. The van der Waals surface area contributed by atoms with Crippen molar-refractivity contribution in [3.05, 3.63) is 77.2 Å². The van der Waals surface area contributed by atoms with E-state index in [4.69, 9.17) is 0 Å². The maximum Gasteiger partial charge on any atom is 0.673 e. The van der Waals surface area contributed by atoms with Crippen LogP contribution in [0.25, 0.3) is 0 Å². The maximum absolute atomic E-state index is 9.75. The molecule has 186 valence electrons. The highest BCUT2D eigenvalue weighted by Gasteiger charge is 2.29. The van der Waals surface area contributed by atoms with Gasteiger partial charge in [0.05, 0.1) is 9.80 Å². The molecular formula is C21H22B2F8S3. The first-order valence-corrected chi connectivity index (χ1v) is 13.4. The number of halogens is 8. The average Bonchev–Trinajstić information content (AvgIpc) is 2.72. The smallest absolute Gasteiger partial charge is 0.418 e. The monoisotopic (exact) mass is 544 g/mol.